The summed E-state index contributed by atoms with van der Waals surface area (Å²) < 4.78 is 2.40. The van der Waals surface area contributed by atoms with Crippen molar-refractivity contribution in [2.75, 3.05) is 0 Å². The molecule has 0 saturated carbocycles. The van der Waals surface area contributed by atoms with Crippen molar-refractivity contribution in [2.24, 2.45) is 0 Å². The molecular weight excluding hydrogens is 967 g/mol. The molecule has 14 aromatic rings. The van der Waals surface area contributed by atoms with Crippen molar-refractivity contribution in [1.82, 2.24) is 24.3 Å². The minimum absolute atomic E-state index is 0. The summed E-state index contributed by atoms with van der Waals surface area (Å²) in [6.07, 6.45) is 5.24. The number of nitrogens with one attached hydrogen (secondary N) is 1. The summed E-state index contributed by atoms with van der Waals surface area (Å²) in [4.78, 5) is 26.9. The number of nitrogens with zero attached hydrogens (tertiary/aromatic N) is 4. The van der Waals surface area contributed by atoms with Crippen LogP contribution in [0.25, 0.3) is 114 Å². The molecule has 6 aromatic heterocycles. The standard InChI is InChI=1S/C25H13N2.C25H15N2.C6H5NO2.Ir/c1-2-6-17-14-22-20(13-16(17)5-1)24-23-15(11-12-26-24)9-10-19-18-7-3-4-8-21(18)27(22)25(19)23;1-2-6-18-15-19(10-9-16(18)5-1)24-23-17(13-14-26-24)11-12-21-20-7-3-4-8-22(20)27-25(21)23;8-6(9)5-3-1-2-4-7-5;/h1-12,14H;1-14,27H;1-4H,(H,8,9);/q2*-1;;. The first kappa shape index (κ1) is 38.9. The van der Waals surface area contributed by atoms with Gasteiger partial charge in [-0.05, 0) is 63.5 Å². The number of pyridine rings is 4. The fraction of sp³-hybridized carbons (Fsp3) is 0. The first-order valence-corrected chi connectivity index (χ1v) is 20.7. The van der Waals surface area contributed by atoms with Crippen LogP contribution in [0.1, 0.15) is 10.5 Å². The molecule has 8 aromatic carbocycles. The van der Waals surface area contributed by atoms with Crippen LogP contribution in [0.4, 0.5) is 0 Å². The number of hydrogen-bond acceptors (Lipinski definition) is 4. The Bertz CT molecular complexity index is 4090. The van der Waals surface area contributed by atoms with E-state index in [2.05, 4.69) is 178 Å². The number of fused-ring (bicyclic) bond motifs is 13. The summed E-state index contributed by atoms with van der Waals surface area (Å²) >= 11 is 0. The topological polar surface area (TPSA) is 96.2 Å². The van der Waals surface area contributed by atoms with E-state index in [0.29, 0.717) is 0 Å². The summed E-state index contributed by atoms with van der Waals surface area (Å²) in [5.41, 5.74) is 9.05. The molecule has 0 bridgehead atoms. The van der Waals surface area contributed by atoms with Crippen LogP contribution in [0.5, 0.6) is 0 Å². The molecule has 64 heavy (non-hydrogen) atoms. The molecule has 0 atom stereocenters. The zero-order valence-corrected chi connectivity index (χ0v) is 36.3. The molecule has 7 nitrogen and oxygen atoms in total. The van der Waals surface area contributed by atoms with Crippen molar-refractivity contribution in [3.8, 4) is 11.3 Å². The molecule has 14 rings (SSSR count). The van der Waals surface area contributed by atoms with Gasteiger partial charge in [-0.2, -0.15) is 0 Å². The minimum Gasteiger partial charge on any atom is -0.477 e. The Morgan fingerprint density at radius 1 is 0.531 bits per heavy atom. The largest absolute Gasteiger partial charge is 0.477 e. The van der Waals surface area contributed by atoms with E-state index in [1.165, 1.54) is 77.3 Å². The summed E-state index contributed by atoms with van der Waals surface area (Å²) in [5, 5.41) is 23.9. The molecule has 305 valence electrons. The molecule has 0 amide bonds. The monoisotopic (exact) mass is 1000 g/mol. The van der Waals surface area contributed by atoms with Crippen molar-refractivity contribution in [2.45, 2.75) is 0 Å². The van der Waals surface area contributed by atoms with Gasteiger partial charge < -0.3 is 14.5 Å². The van der Waals surface area contributed by atoms with Gasteiger partial charge in [0.1, 0.15) is 5.69 Å². The Kier molecular flexibility index (Phi) is 9.54. The number of aromatic carboxylic acids is 1. The van der Waals surface area contributed by atoms with Gasteiger partial charge in [0.2, 0.25) is 0 Å². The number of hydrogen-bond donors (Lipinski definition) is 2. The summed E-state index contributed by atoms with van der Waals surface area (Å²) in [6.45, 7) is 0. The van der Waals surface area contributed by atoms with Gasteiger partial charge in [0, 0.05) is 93.5 Å². The fourth-order valence-electron chi connectivity index (χ4n) is 9.20. The Balaban J connectivity index is 0.000000118. The second kappa shape index (κ2) is 15.7. The number of rotatable bonds is 2. The maximum Gasteiger partial charge on any atom is 0.354 e. The molecule has 0 fully saturated rings. The molecule has 0 aliphatic rings. The van der Waals surface area contributed by atoms with Crippen molar-refractivity contribution in [3.05, 3.63) is 206 Å². The fourth-order valence-corrected chi connectivity index (χ4v) is 9.20. The van der Waals surface area contributed by atoms with Crippen LogP contribution < -0.4 is 0 Å². The van der Waals surface area contributed by atoms with E-state index in [9.17, 15) is 4.79 Å². The SMILES string of the molecule is O=C(O)c1ccccn1.[Ir].[c-]1c(-c2nccc3ccc4c5ccccc5[nH]c4c23)ccc2ccccc12.[c-]1c2ccccc2cc2c1c1nccc3ccc4c5ccccc5n2c4c31. The minimum atomic E-state index is -0.990. The average molecular weight is 1000 g/mol. The van der Waals surface area contributed by atoms with Crippen molar-refractivity contribution >= 4 is 109 Å². The van der Waals surface area contributed by atoms with Gasteiger partial charge in [-0.3, -0.25) is 9.97 Å². The molecule has 0 aliphatic carbocycles. The first-order valence-electron chi connectivity index (χ1n) is 20.7. The van der Waals surface area contributed by atoms with E-state index in [1.807, 2.05) is 12.4 Å². The van der Waals surface area contributed by atoms with Crippen molar-refractivity contribution in [3.63, 3.8) is 0 Å². The van der Waals surface area contributed by atoms with Crippen LogP contribution in [0.3, 0.4) is 0 Å². The van der Waals surface area contributed by atoms with Crippen LogP contribution in [0.2, 0.25) is 0 Å². The van der Waals surface area contributed by atoms with E-state index in [4.69, 9.17) is 15.1 Å². The molecule has 0 spiro atoms. The van der Waals surface area contributed by atoms with Gasteiger partial charge in [0.25, 0.3) is 0 Å². The molecule has 0 saturated heterocycles. The number of aromatic amines is 1. The molecule has 0 unspecified atom stereocenters. The third-order valence-electron chi connectivity index (χ3n) is 12.0. The molecule has 2 N–H and O–H groups in total. The van der Waals surface area contributed by atoms with Crippen LogP contribution in [-0.4, -0.2) is 35.4 Å². The Morgan fingerprint density at radius 3 is 2.00 bits per heavy atom. The van der Waals surface area contributed by atoms with Crippen LogP contribution in [0, 0.1) is 12.1 Å². The van der Waals surface area contributed by atoms with Crippen molar-refractivity contribution in [1.29, 1.82) is 0 Å². The normalized spacial score (nSPS) is 11.4. The van der Waals surface area contributed by atoms with Gasteiger partial charge in [-0.15, -0.1) is 47.2 Å². The summed E-state index contributed by atoms with van der Waals surface area (Å²) in [5.74, 6) is -0.990. The van der Waals surface area contributed by atoms with Crippen molar-refractivity contribution < 1.29 is 30.0 Å². The number of benzene rings is 8. The molecule has 0 aliphatic heterocycles. The van der Waals surface area contributed by atoms with E-state index in [0.717, 1.165) is 49.4 Å². The predicted molar refractivity (Wildman–Crippen MR) is 257 cm³/mol. The van der Waals surface area contributed by atoms with Gasteiger partial charge in [-0.25, -0.2) is 9.78 Å². The van der Waals surface area contributed by atoms with Gasteiger partial charge in [0.15, 0.2) is 0 Å². The predicted octanol–water partition coefficient (Wildman–Crippen LogP) is 13.6. The maximum absolute atomic E-state index is 10.1. The smallest absolute Gasteiger partial charge is 0.354 e. The van der Waals surface area contributed by atoms with Gasteiger partial charge >= 0.3 is 5.97 Å². The third-order valence-corrected chi connectivity index (χ3v) is 12.0. The summed E-state index contributed by atoms with van der Waals surface area (Å²) in [7, 11) is 0. The van der Waals surface area contributed by atoms with Crippen LogP contribution >= 0.6 is 0 Å². The maximum atomic E-state index is 10.1. The number of carboxylic acid groups (broad SMARTS) is 1. The quantitative estimate of drug-likeness (QED) is 0.102. The zero-order chi connectivity index (χ0) is 42.0. The molecule has 8 heteroatoms. The third kappa shape index (κ3) is 6.31. The summed E-state index contributed by atoms with van der Waals surface area (Å²) in [6, 6.07) is 65.4. The van der Waals surface area contributed by atoms with E-state index in [1.54, 1.807) is 12.1 Å². The first-order chi connectivity index (χ1) is 31.1. The average Bonchev–Trinajstić information content (AvgIpc) is 3.90. The van der Waals surface area contributed by atoms with E-state index < -0.39 is 5.97 Å². The number of H-pyrrole nitrogens is 1. The Hall–Kier alpha value is -8.03. The second-order valence-electron chi connectivity index (χ2n) is 15.6. The van der Waals surface area contributed by atoms with Crippen LogP contribution in [-0.2, 0) is 20.1 Å². The number of para-hydroxylation sites is 2. The molecule has 1 radical (unpaired) electrons. The van der Waals surface area contributed by atoms with Gasteiger partial charge in [-0.1, -0.05) is 131 Å². The van der Waals surface area contributed by atoms with Crippen LogP contribution in [0.15, 0.2) is 188 Å². The Labute approximate surface area is 379 Å². The molecule has 6 heterocycles. The van der Waals surface area contributed by atoms with E-state index in [-0.39, 0.29) is 25.8 Å². The molecular formula is C56H33IrN5O2-2. The number of aromatic nitrogens is 5. The van der Waals surface area contributed by atoms with E-state index >= 15 is 0 Å². The number of carbonyl (C=O) groups is 1. The number of carboxylic acids is 1. The zero-order valence-electron chi connectivity index (χ0n) is 33.9. The Morgan fingerprint density at radius 2 is 1.20 bits per heavy atom. The second-order valence-corrected chi connectivity index (χ2v) is 15.6. The van der Waals surface area contributed by atoms with Gasteiger partial charge in [0.05, 0.1) is 0 Å².